The molecule has 96 valence electrons. The van der Waals surface area contributed by atoms with Gasteiger partial charge in [-0.25, -0.2) is 4.98 Å². The Balaban J connectivity index is 1.82. The summed E-state index contributed by atoms with van der Waals surface area (Å²) in [4.78, 5) is 4.98. The van der Waals surface area contributed by atoms with E-state index in [4.69, 9.17) is 0 Å². The third kappa shape index (κ3) is 3.07. The number of fused-ring (bicyclic) bond motifs is 1. The number of nitrogens with zero attached hydrogens (tertiary/aromatic N) is 1. The standard InChI is InChI=1S/C15H11Br2NS/c16-11-7-5-10(6-8-11)12(17)9-15-18-13-3-1-2-4-14(13)19-15/h1-8,12H,9H2. The highest BCUT2D eigenvalue weighted by molar-refractivity contribution is 9.10. The number of hydrogen-bond donors (Lipinski definition) is 0. The molecule has 0 spiro atoms. The summed E-state index contributed by atoms with van der Waals surface area (Å²) >= 11 is 8.99. The van der Waals surface area contributed by atoms with Gasteiger partial charge < -0.3 is 0 Å². The fourth-order valence-electron chi connectivity index (χ4n) is 1.95. The summed E-state index contributed by atoms with van der Waals surface area (Å²) in [5, 5.41) is 1.17. The normalized spacial score (nSPS) is 12.7. The highest BCUT2D eigenvalue weighted by Gasteiger charge is 2.11. The molecular weight excluding hydrogens is 386 g/mol. The van der Waals surface area contributed by atoms with Crippen LogP contribution >= 0.6 is 43.2 Å². The Hall–Kier alpha value is -0.710. The minimum absolute atomic E-state index is 0.307. The van der Waals surface area contributed by atoms with Gasteiger partial charge in [-0.3, -0.25) is 0 Å². The van der Waals surface area contributed by atoms with E-state index < -0.39 is 0 Å². The fraction of sp³-hybridized carbons (Fsp3) is 0.133. The van der Waals surface area contributed by atoms with Crippen molar-refractivity contribution in [1.82, 2.24) is 4.98 Å². The first kappa shape index (κ1) is 13.3. The third-order valence-electron chi connectivity index (χ3n) is 2.92. The topological polar surface area (TPSA) is 12.9 Å². The Morgan fingerprint density at radius 1 is 1.05 bits per heavy atom. The molecule has 0 aliphatic carbocycles. The van der Waals surface area contributed by atoms with E-state index in [1.165, 1.54) is 15.3 Å². The first-order valence-corrected chi connectivity index (χ1v) is 8.49. The quantitative estimate of drug-likeness (QED) is 0.514. The highest BCUT2D eigenvalue weighted by Crippen LogP contribution is 2.31. The molecular formula is C15H11Br2NS. The summed E-state index contributed by atoms with van der Waals surface area (Å²) in [7, 11) is 0. The average molecular weight is 397 g/mol. The Morgan fingerprint density at radius 2 is 1.79 bits per heavy atom. The van der Waals surface area contributed by atoms with Crippen LogP contribution in [0.4, 0.5) is 0 Å². The fourth-order valence-corrected chi connectivity index (χ4v) is 4.05. The van der Waals surface area contributed by atoms with Crippen molar-refractivity contribution in [3.63, 3.8) is 0 Å². The zero-order valence-corrected chi connectivity index (χ0v) is 14.0. The predicted octanol–water partition coefficient (Wildman–Crippen LogP) is 5.74. The van der Waals surface area contributed by atoms with Gasteiger partial charge in [-0.05, 0) is 29.8 Å². The zero-order chi connectivity index (χ0) is 13.2. The molecule has 0 radical (unpaired) electrons. The van der Waals surface area contributed by atoms with Gasteiger partial charge in [-0.1, -0.05) is 56.1 Å². The van der Waals surface area contributed by atoms with Crippen LogP contribution in [0, 0.1) is 0 Å². The van der Waals surface area contributed by atoms with Gasteiger partial charge >= 0.3 is 0 Å². The molecule has 1 nitrogen and oxygen atoms in total. The van der Waals surface area contributed by atoms with Gasteiger partial charge in [0.2, 0.25) is 0 Å². The zero-order valence-electron chi connectivity index (χ0n) is 10.0. The van der Waals surface area contributed by atoms with Crippen molar-refractivity contribution in [2.45, 2.75) is 11.2 Å². The molecule has 0 N–H and O–H groups in total. The van der Waals surface area contributed by atoms with E-state index in [-0.39, 0.29) is 0 Å². The van der Waals surface area contributed by atoms with Crippen LogP contribution in [-0.4, -0.2) is 4.98 Å². The van der Waals surface area contributed by atoms with Crippen molar-refractivity contribution >= 4 is 53.4 Å². The largest absolute Gasteiger partial charge is 0.241 e. The molecule has 2 aromatic carbocycles. The van der Waals surface area contributed by atoms with E-state index in [2.05, 4.69) is 79.3 Å². The van der Waals surface area contributed by atoms with Gasteiger partial charge in [-0.15, -0.1) is 11.3 Å². The van der Waals surface area contributed by atoms with E-state index >= 15 is 0 Å². The number of benzene rings is 2. The van der Waals surface area contributed by atoms with Crippen LogP contribution in [-0.2, 0) is 6.42 Å². The molecule has 3 rings (SSSR count). The molecule has 0 amide bonds. The Labute approximate surface area is 132 Å². The number of halogens is 2. The molecule has 0 fully saturated rings. The summed E-state index contributed by atoms with van der Waals surface area (Å²) in [6, 6.07) is 16.7. The first-order chi connectivity index (χ1) is 9.22. The van der Waals surface area contributed by atoms with Crippen LogP contribution in [0.25, 0.3) is 10.2 Å². The second-order valence-corrected chi connectivity index (χ2v) is 7.43. The van der Waals surface area contributed by atoms with Crippen LogP contribution in [0.1, 0.15) is 15.4 Å². The van der Waals surface area contributed by atoms with Crippen LogP contribution in [0.2, 0.25) is 0 Å². The monoisotopic (exact) mass is 395 g/mol. The van der Waals surface area contributed by atoms with Crippen LogP contribution in [0.3, 0.4) is 0 Å². The van der Waals surface area contributed by atoms with Crippen molar-refractivity contribution in [2.75, 3.05) is 0 Å². The van der Waals surface area contributed by atoms with E-state index in [0.29, 0.717) is 4.83 Å². The summed E-state index contributed by atoms with van der Waals surface area (Å²) in [6.07, 6.45) is 0.918. The van der Waals surface area contributed by atoms with Crippen molar-refractivity contribution in [3.8, 4) is 0 Å². The van der Waals surface area contributed by atoms with Crippen LogP contribution in [0.5, 0.6) is 0 Å². The maximum atomic E-state index is 4.68. The molecule has 4 heteroatoms. The lowest BCUT2D eigenvalue weighted by Crippen LogP contribution is -1.94. The molecule has 0 saturated carbocycles. The molecule has 0 aliphatic rings. The van der Waals surface area contributed by atoms with Gasteiger partial charge in [0.15, 0.2) is 0 Å². The first-order valence-electron chi connectivity index (χ1n) is 5.96. The lowest BCUT2D eigenvalue weighted by atomic mass is 10.1. The number of rotatable bonds is 3. The number of alkyl halides is 1. The lowest BCUT2D eigenvalue weighted by Gasteiger charge is -2.08. The third-order valence-corrected chi connectivity index (χ3v) is 5.36. The van der Waals surface area contributed by atoms with E-state index in [0.717, 1.165) is 16.4 Å². The van der Waals surface area contributed by atoms with E-state index in [9.17, 15) is 0 Å². The van der Waals surface area contributed by atoms with E-state index in [1.807, 2.05) is 6.07 Å². The molecule has 0 saturated heterocycles. The van der Waals surface area contributed by atoms with Gasteiger partial charge in [-0.2, -0.15) is 0 Å². The predicted molar refractivity (Wildman–Crippen MR) is 89.1 cm³/mol. The molecule has 19 heavy (non-hydrogen) atoms. The summed E-state index contributed by atoms with van der Waals surface area (Å²) in [6.45, 7) is 0. The van der Waals surface area contributed by atoms with Gasteiger partial charge in [0.25, 0.3) is 0 Å². The highest BCUT2D eigenvalue weighted by atomic mass is 79.9. The Morgan fingerprint density at radius 3 is 2.53 bits per heavy atom. The van der Waals surface area contributed by atoms with Crippen molar-refractivity contribution < 1.29 is 0 Å². The van der Waals surface area contributed by atoms with Crippen molar-refractivity contribution in [2.24, 2.45) is 0 Å². The van der Waals surface area contributed by atoms with Crippen LogP contribution in [0.15, 0.2) is 53.0 Å². The number of para-hydroxylation sites is 1. The maximum absolute atomic E-state index is 4.68. The SMILES string of the molecule is Brc1ccc(C(Br)Cc2nc3ccccc3s2)cc1. The average Bonchev–Trinajstić information content (AvgIpc) is 2.81. The summed E-state index contributed by atoms with van der Waals surface area (Å²) in [5.41, 5.74) is 2.38. The Bertz CT molecular complexity index is 658. The molecule has 3 aromatic rings. The summed E-state index contributed by atoms with van der Waals surface area (Å²) in [5.74, 6) is 0. The Kier molecular flexibility index (Phi) is 4.01. The van der Waals surface area contributed by atoms with Gasteiger partial charge in [0.05, 0.1) is 15.2 Å². The maximum Gasteiger partial charge on any atom is 0.0953 e. The minimum Gasteiger partial charge on any atom is -0.241 e. The van der Waals surface area contributed by atoms with Crippen molar-refractivity contribution in [1.29, 1.82) is 0 Å². The van der Waals surface area contributed by atoms with Crippen molar-refractivity contribution in [3.05, 3.63) is 63.6 Å². The van der Waals surface area contributed by atoms with Gasteiger partial charge in [0.1, 0.15) is 0 Å². The van der Waals surface area contributed by atoms with Crippen LogP contribution < -0.4 is 0 Å². The molecule has 0 aliphatic heterocycles. The molecule has 1 unspecified atom stereocenters. The minimum atomic E-state index is 0.307. The summed E-state index contributed by atoms with van der Waals surface area (Å²) < 4.78 is 2.36. The number of thiazole rings is 1. The van der Waals surface area contributed by atoms with E-state index in [1.54, 1.807) is 11.3 Å². The number of hydrogen-bond acceptors (Lipinski definition) is 2. The lowest BCUT2D eigenvalue weighted by molar-refractivity contribution is 0.938. The smallest absolute Gasteiger partial charge is 0.0953 e. The number of aromatic nitrogens is 1. The molecule has 1 heterocycles. The van der Waals surface area contributed by atoms with Gasteiger partial charge in [0, 0.05) is 15.7 Å². The molecule has 1 aromatic heterocycles. The molecule has 1 atom stereocenters. The molecule has 0 bridgehead atoms. The second kappa shape index (κ2) is 5.73. The second-order valence-electron chi connectivity index (χ2n) is 4.30.